The second-order valence-electron chi connectivity index (χ2n) is 9.90. The lowest BCUT2D eigenvalue weighted by Crippen LogP contribution is -2.38. The van der Waals surface area contributed by atoms with Crippen molar-refractivity contribution in [1.29, 1.82) is 0 Å². The van der Waals surface area contributed by atoms with Gasteiger partial charge in [-0.25, -0.2) is 18.7 Å². The maximum absolute atomic E-state index is 14.1. The van der Waals surface area contributed by atoms with Gasteiger partial charge in [0.05, 0.1) is 23.9 Å². The van der Waals surface area contributed by atoms with Crippen molar-refractivity contribution < 1.29 is 31.9 Å². The van der Waals surface area contributed by atoms with Crippen LogP contribution in [0.25, 0.3) is 16.6 Å². The van der Waals surface area contributed by atoms with E-state index in [4.69, 9.17) is 10.5 Å². The number of aryl methyl sites for hydroxylation is 1. The van der Waals surface area contributed by atoms with Crippen molar-refractivity contribution in [1.82, 2.24) is 19.5 Å². The van der Waals surface area contributed by atoms with E-state index in [1.54, 1.807) is 43.2 Å². The van der Waals surface area contributed by atoms with E-state index >= 15 is 0 Å². The van der Waals surface area contributed by atoms with E-state index in [2.05, 4.69) is 20.7 Å². The third-order valence-electron chi connectivity index (χ3n) is 7.13. The minimum atomic E-state index is -4.70. The largest absolute Gasteiger partial charge is 0.416 e. The number of nitrogens with one attached hydrogen (secondary N) is 2. The summed E-state index contributed by atoms with van der Waals surface area (Å²) in [4.78, 5) is 32.0. The normalized spacial score (nSPS) is 15.3. The first kappa shape index (κ1) is 28.8. The number of nitrogen functional groups attached to an aromatic ring is 1. The number of nitrogens with two attached hydrogens (primary N) is 1. The molecule has 0 radical (unpaired) electrons. The molecule has 1 saturated heterocycles. The van der Waals surface area contributed by atoms with Gasteiger partial charge >= 0.3 is 12.2 Å². The van der Waals surface area contributed by atoms with Crippen LogP contribution in [-0.2, 0) is 10.9 Å². The highest BCUT2D eigenvalue weighted by Crippen LogP contribution is 2.34. The molecule has 0 spiro atoms. The van der Waals surface area contributed by atoms with Crippen molar-refractivity contribution in [3.05, 3.63) is 71.4 Å². The van der Waals surface area contributed by atoms with Gasteiger partial charge in [0.2, 0.25) is 0 Å². The average molecular weight is 586 g/mol. The lowest BCUT2D eigenvalue weighted by atomic mass is 10.0. The molecule has 0 aliphatic carbocycles. The molecule has 1 atom stereocenters. The van der Waals surface area contributed by atoms with Gasteiger partial charge in [-0.15, -0.1) is 0 Å². The number of carbonyl (C=O) groups is 2. The average Bonchev–Trinajstić information content (AvgIpc) is 3.56. The highest BCUT2D eigenvalue weighted by molar-refractivity contribution is 6.02. The zero-order valence-corrected chi connectivity index (χ0v) is 22.6. The number of halogens is 4. The molecule has 1 aliphatic rings. The fourth-order valence-electron chi connectivity index (χ4n) is 5.10. The number of benzene rings is 2. The van der Waals surface area contributed by atoms with Crippen LogP contribution < -0.4 is 16.4 Å². The van der Waals surface area contributed by atoms with Crippen LogP contribution in [0.3, 0.4) is 0 Å². The zero-order valence-electron chi connectivity index (χ0n) is 22.6. The van der Waals surface area contributed by atoms with E-state index in [0.717, 1.165) is 12.8 Å². The molecule has 0 bridgehead atoms. The number of fused-ring (bicyclic) bond motifs is 1. The van der Waals surface area contributed by atoms with Crippen molar-refractivity contribution in [3.8, 4) is 11.1 Å². The molecule has 0 saturated carbocycles. The molecule has 4 N–H and O–H groups in total. The molecule has 0 unspecified atom stereocenters. The Morgan fingerprint density at radius 2 is 1.88 bits per heavy atom. The molecule has 1 fully saturated rings. The smallest absolute Gasteiger partial charge is 0.383 e. The monoisotopic (exact) mass is 585 g/mol. The molecule has 42 heavy (non-hydrogen) atoms. The summed E-state index contributed by atoms with van der Waals surface area (Å²) < 4.78 is 59.9. The van der Waals surface area contributed by atoms with Gasteiger partial charge < -0.3 is 26.0 Å². The summed E-state index contributed by atoms with van der Waals surface area (Å²) >= 11 is 0. The summed E-state index contributed by atoms with van der Waals surface area (Å²) in [5.41, 5.74) is 7.37. The highest BCUT2D eigenvalue weighted by Gasteiger charge is 2.33. The van der Waals surface area contributed by atoms with Crippen molar-refractivity contribution in [2.24, 2.45) is 0 Å². The van der Waals surface area contributed by atoms with Crippen LogP contribution in [-0.4, -0.2) is 57.7 Å². The Hall–Kier alpha value is -4.72. The van der Waals surface area contributed by atoms with Crippen molar-refractivity contribution in [2.75, 3.05) is 36.6 Å². The summed E-state index contributed by atoms with van der Waals surface area (Å²) in [6, 6.07) is 7.44. The number of ether oxygens (including phenoxy) is 1. The Morgan fingerprint density at radius 1 is 1.12 bits per heavy atom. The van der Waals surface area contributed by atoms with Gasteiger partial charge in [-0.3, -0.25) is 4.79 Å². The Morgan fingerprint density at radius 3 is 2.60 bits per heavy atom. The van der Waals surface area contributed by atoms with Crippen LogP contribution in [0.1, 0.15) is 34.5 Å². The molecule has 10 nitrogen and oxygen atoms in total. The number of aromatic nitrogens is 3. The number of carbonyl (C=O) groups excluding carboxylic acids is 2. The first-order valence-electron chi connectivity index (χ1n) is 13.0. The molecule has 3 amide bonds. The summed E-state index contributed by atoms with van der Waals surface area (Å²) in [6.45, 7) is 2.70. The van der Waals surface area contributed by atoms with Crippen LogP contribution in [0.4, 0.5) is 39.5 Å². The SMILES string of the molecule is COC[C@H]1CCCN1C(=O)c1cc(-c2ccc(NC(=O)Nc3cc(C(F)(F)F)ccc3F)c(C)c2)c2c(N)ncnn12. The third-order valence-corrected chi connectivity index (χ3v) is 7.13. The number of alkyl halides is 3. The van der Waals surface area contributed by atoms with E-state index in [-0.39, 0.29) is 17.8 Å². The van der Waals surface area contributed by atoms with Crippen LogP contribution >= 0.6 is 0 Å². The summed E-state index contributed by atoms with van der Waals surface area (Å²) in [5.74, 6) is -1.07. The van der Waals surface area contributed by atoms with Gasteiger partial charge in [-0.05, 0) is 67.3 Å². The van der Waals surface area contributed by atoms with E-state index in [9.17, 15) is 27.2 Å². The van der Waals surface area contributed by atoms with Crippen LogP contribution in [0.2, 0.25) is 0 Å². The minimum absolute atomic E-state index is 0.0566. The lowest BCUT2D eigenvalue weighted by Gasteiger charge is -2.23. The quantitative estimate of drug-likeness (QED) is 0.262. The molecule has 5 rings (SSSR count). The second kappa shape index (κ2) is 11.3. The van der Waals surface area contributed by atoms with E-state index < -0.39 is 29.3 Å². The third kappa shape index (κ3) is 5.57. The zero-order chi connectivity index (χ0) is 30.2. The number of anilines is 3. The standard InChI is InChI=1S/C28H27F4N7O3/c1-15-10-16(5-8-21(15)36-27(41)37-22-11-17(28(30,31)32)6-7-20(22)29)19-12-23(39-24(19)25(33)34-14-35-39)26(40)38-9-3-4-18(38)13-42-2/h5-8,10-12,14,18H,3-4,9,13H2,1-2H3,(H2,33,34,35)(H2,36,37,41)/t18-/m1/s1. The second-order valence-corrected chi connectivity index (χ2v) is 9.90. The van der Waals surface area contributed by atoms with Crippen molar-refractivity contribution in [3.63, 3.8) is 0 Å². The van der Waals surface area contributed by atoms with Gasteiger partial charge in [0, 0.05) is 24.9 Å². The summed E-state index contributed by atoms with van der Waals surface area (Å²) in [5, 5.41) is 8.92. The van der Waals surface area contributed by atoms with E-state index in [1.807, 2.05) is 0 Å². The maximum Gasteiger partial charge on any atom is 0.416 e. The van der Waals surface area contributed by atoms with Gasteiger partial charge in [0.1, 0.15) is 23.4 Å². The Kier molecular flexibility index (Phi) is 7.73. The van der Waals surface area contributed by atoms with Crippen LogP contribution in [0.15, 0.2) is 48.8 Å². The molecule has 1 aliphatic heterocycles. The van der Waals surface area contributed by atoms with E-state index in [1.165, 1.54) is 10.8 Å². The lowest BCUT2D eigenvalue weighted by molar-refractivity contribution is -0.137. The molecule has 220 valence electrons. The highest BCUT2D eigenvalue weighted by atomic mass is 19.4. The predicted molar refractivity (Wildman–Crippen MR) is 148 cm³/mol. The van der Waals surface area contributed by atoms with Gasteiger partial charge in [-0.1, -0.05) is 6.07 Å². The molecule has 3 heterocycles. The van der Waals surface area contributed by atoms with Crippen LogP contribution in [0.5, 0.6) is 0 Å². The minimum Gasteiger partial charge on any atom is -0.383 e. The van der Waals surface area contributed by atoms with E-state index in [0.29, 0.717) is 64.9 Å². The first-order chi connectivity index (χ1) is 20.0. The summed E-state index contributed by atoms with van der Waals surface area (Å²) in [6.07, 6.45) is -1.75. The number of hydrogen-bond donors (Lipinski definition) is 3. The summed E-state index contributed by atoms with van der Waals surface area (Å²) in [7, 11) is 1.59. The number of likely N-dealkylation sites (tertiary alicyclic amines) is 1. The van der Waals surface area contributed by atoms with Gasteiger partial charge in [-0.2, -0.15) is 18.3 Å². The molecular formula is C28H27F4N7O3. The van der Waals surface area contributed by atoms with Gasteiger partial charge in [0.15, 0.2) is 5.82 Å². The molecular weight excluding hydrogens is 558 g/mol. The molecule has 4 aromatic rings. The van der Waals surface area contributed by atoms with Crippen LogP contribution in [0, 0.1) is 12.7 Å². The fraction of sp³-hybridized carbons (Fsp3) is 0.286. The molecule has 14 heteroatoms. The predicted octanol–water partition coefficient (Wildman–Crippen LogP) is 5.34. The number of hydrogen-bond acceptors (Lipinski definition) is 6. The van der Waals surface area contributed by atoms with Gasteiger partial charge in [0.25, 0.3) is 5.91 Å². The Balaban J connectivity index is 1.42. The fourth-order valence-corrected chi connectivity index (χ4v) is 5.10. The Bertz CT molecular complexity index is 1670. The number of nitrogens with zero attached hydrogens (tertiary/aromatic N) is 4. The maximum atomic E-state index is 14.1. The molecule has 2 aromatic carbocycles. The van der Waals surface area contributed by atoms with Crippen molar-refractivity contribution in [2.45, 2.75) is 32.0 Å². The number of methoxy groups -OCH3 is 1. The number of amides is 3. The topological polar surface area (TPSA) is 127 Å². The number of rotatable bonds is 6. The van der Waals surface area contributed by atoms with Crippen molar-refractivity contribution >= 4 is 34.6 Å². The first-order valence-corrected chi connectivity index (χ1v) is 13.0. The number of urea groups is 1. The molecule has 2 aromatic heterocycles. The Labute approximate surface area is 237 Å².